The van der Waals surface area contributed by atoms with Gasteiger partial charge in [0.2, 0.25) is 0 Å². The number of urea groups is 1. The van der Waals surface area contributed by atoms with Crippen LogP contribution in [0.1, 0.15) is 46.0 Å². The van der Waals surface area contributed by atoms with Crippen LogP contribution in [0.3, 0.4) is 0 Å². The Kier molecular flexibility index (Phi) is 5.79. The van der Waals surface area contributed by atoms with Crippen LogP contribution in [0.2, 0.25) is 0 Å². The summed E-state index contributed by atoms with van der Waals surface area (Å²) in [6, 6.07) is -0.736. The van der Waals surface area contributed by atoms with Gasteiger partial charge >= 0.3 is 12.0 Å². The minimum atomic E-state index is -0.877. The van der Waals surface area contributed by atoms with Crippen molar-refractivity contribution in [1.29, 1.82) is 0 Å². The highest BCUT2D eigenvalue weighted by Gasteiger charge is 2.42. The van der Waals surface area contributed by atoms with E-state index in [9.17, 15) is 14.7 Å². The lowest BCUT2D eigenvalue weighted by molar-refractivity contribution is -0.141. The summed E-state index contributed by atoms with van der Waals surface area (Å²) in [5.41, 5.74) is 0. The third-order valence-corrected chi connectivity index (χ3v) is 5.78. The molecule has 0 radical (unpaired) electrons. The SMILES string of the molecule is CCCC1SCC(C(=O)O)N1C(=O)N1CCCC(C)CC1. The molecule has 0 aromatic rings. The summed E-state index contributed by atoms with van der Waals surface area (Å²) in [5, 5.41) is 9.41. The second kappa shape index (κ2) is 7.38. The monoisotopic (exact) mass is 314 g/mol. The second-order valence-electron chi connectivity index (χ2n) is 6.14. The number of carboxylic acid groups (broad SMARTS) is 1. The molecule has 2 amide bonds. The first-order chi connectivity index (χ1) is 10.0. The molecule has 3 atom stereocenters. The van der Waals surface area contributed by atoms with Crippen LogP contribution < -0.4 is 0 Å². The molecule has 2 heterocycles. The van der Waals surface area contributed by atoms with Crippen LogP contribution in [-0.4, -0.2) is 57.2 Å². The van der Waals surface area contributed by atoms with E-state index in [0.717, 1.165) is 45.2 Å². The third kappa shape index (κ3) is 3.84. The van der Waals surface area contributed by atoms with Crippen molar-refractivity contribution in [2.75, 3.05) is 18.8 Å². The van der Waals surface area contributed by atoms with E-state index in [1.54, 1.807) is 16.7 Å². The number of aliphatic carboxylic acids is 1. The van der Waals surface area contributed by atoms with Gasteiger partial charge in [-0.25, -0.2) is 9.59 Å². The third-order valence-electron chi connectivity index (χ3n) is 4.42. The maximum Gasteiger partial charge on any atom is 0.327 e. The Labute approximate surface area is 131 Å². The Balaban J connectivity index is 2.10. The number of rotatable bonds is 3. The molecule has 120 valence electrons. The van der Waals surface area contributed by atoms with Gasteiger partial charge in [-0.15, -0.1) is 11.8 Å². The molecule has 0 spiro atoms. The Morgan fingerprint density at radius 1 is 1.29 bits per heavy atom. The van der Waals surface area contributed by atoms with Gasteiger partial charge in [-0.3, -0.25) is 4.90 Å². The van der Waals surface area contributed by atoms with Crippen molar-refractivity contribution in [3.05, 3.63) is 0 Å². The summed E-state index contributed by atoms with van der Waals surface area (Å²) in [6.45, 7) is 5.81. The molecule has 0 bridgehead atoms. The molecule has 0 aromatic carbocycles. The number of thioether (sulfide) groups is 1. The zero-order chi connectivity index (χ0) is 15.4. The fraction of sp³-hybridized carbons (Fsp3) is 0.867. The molecule has 2 rings (SSSR count). The van der Waals surface area contributed by atoms with Crippen LogP contribution in [0, 0.1) is 5.92 Å². The van der Waals surface area contributed by atoms with Crippen molar-refractivity contribution in [2.45, 2.75) is 57.4 Å². The van der Waals surface area contributed by atoms with Gasteiger partial charge in [0.05, 0.1) is 5.37 Å². The van der Waals surface area contributed by atoms with E-state index in [0.29, 0.717) is 11.7 Å². The van der Waals surface area contributed by atoms with Gasteiger partial charge < -0.3 is 10.0 Å². The predicted octanol–water partition coefficient (Wildman–Crippen LogP) is 2.86. The van der Waals surface area contributed by atoms with Gasteiger partial charge in [0.15, 0.2) is 0 Å². The summed E-state index contributed by atoms with van der Waals surface area (Å²) in [7, 11) is 0. The molecule has 0 aromatic heterocycles. The number of carbonyl (C=O) groups is 2. The molecular weight excluding hydrogens is 288 g/mol. The van der Waals surface area contributed by atoms with Gasteiger partial charge in [0, 0.05) is 18.8 Å². The summed E-state index contributed by atoms with van der Waals surface area (Å²) < 4.78 is 0. The maximum absolute atomic E-state index is 12.8. The average molecular weight is 314 g/mol. The van der Waals surface area contributed by atoms with Crippen molar-refractivity contribution in [3.63, 3.8) is 0 Å². The number of hydrogen-bond acceptors (Lipinski definition) is 3. The molecule has 2 aliphatic heterocycles. The standard InChI is InChI=1S/C15H26N2O3S/c1-3-5-13-17(12(10-21-13)14(18)19)15(20)16-8-4-6-11(2)7-9-16/h11-13H,3-10H2,1-2H3,(H,18,19). The highest BCUT2D eigenvalue weighted by atomic mass is 32.2. The Morgan fingerprint density at radius 2 is 2.05 bits per heavy atom. The highest BCUT2D eigenvalue weighted by Crippen LogP contribution is 2.33. The zero-order valence-corrected chi connectivity index (χ0v) is 13.8. The summed E-state index contributed by atoms with van der Waals surface area (Å²) in [4.78, 5) is 27.8. The number of carbonyl (C=O) groups excluding carboxylic acids is 1. The topological polar surface area (TPSA) is 60.9 Å². The van der Waals surface area contributed by atoms with E-state index in [4.69, 9.17) is 0 Å². The quantitative estimate of drug-likeness (QED) is 0.870. The molecule has 0 saturated carbocycles. The number of likely N-dealkylation sites (tertiary alicyclic amines) is 1. The van der Waals surface area contributed by atoms with Crippen LogP contribution in [0.25, 0.3) is 0 Å². The smallest absolute Gasteiger partial charge is 0.327 e. The molecule has 21 heavy (non-hydrogen) atoms. The average Bonchev–Trinajstić information content (AvgIpc) is 2.74. The second-order valence-corrected chi connectivity index (χ2v) is 7.35. The fourth-order valence-electron chi connectivity index (χ4n) is 3.10. The van der Waals surface area contributed by atoms with Gasteiger partial charge in [0.25, 0.3) is 0 Å². The molecule has 1 N–H and O–H groups in total. The van der Waals surface area contributed by atoms with E-state index < -0.39 is 12.0 Å². The minimum absolute atomic E-state index is 0.0178. The van der Waals surface area contributed by atoms with Crippen molar-refractivity contribution >= 4 is 23.8 Å². The molecular formula is C15H26N2O3S. The molecule has 2 aliphatic rings. The molecule has 0 aliphatic carbocycles. The van der Waals surface area contributed by atoms with Crippen LogP contribution in [-0.2, 0) is 4.79 Å². The maximum atomic E-state index is 12.8. The number of carboxylic acids is 1. The van der Waals surface area contributed by atoms with Crippen LogP contribution in [0.5, 0.6) is 0 Å². The first kappa shape index (κ1) is 16.5. The number of hydrogen-bond donors (Lipinski definition) is 1. The number of nitrogens with zero attached hydrogens (tertiary/aromatic N) is 2. The van der Waals surface area contributed by atoms with Crippen molar-refractivity contribution < 1.29 is 14.7 Å². The van der Waals surface area contributed by atoms with E-state index in [-0.39, 0.29) is 11.4 Å². The summed E-state index contributed by atoms with van der Waals surface area (Å²) >= 11 is 1.61. The lowest BCUT2D eigenvalue weighted by Crippen LogP contribution is -2.51. The molecule has 2 fully saturated rings. The zero-order valence-electron chi connectivity index (χ0n) is 13.0. The number of amides is 2. The molecule has 3 unspecified atom stereocenters. The van der Waals surface area contributed by atoms with Crippen molar-refractivity contribution in [3.8, 4) is 0 Å². The first-order valence-corrected chi connectivity index (χ1v) is 9.01. The lowest BCUT2D eigenvalue weighted by Gasteiger charge is -2.33. The Hall–Kier alpha value is -0.910. The lowest BCUT2D eigenvalue weighted by atomic mass is 10.0. The summed E-state index contributed by atoms with van der Waals surface area (Å²) in [6.07, 6.45) is 5.02. The van der Waals surface area contributed by atoms with Gasteiger partial charge in [-0.05, 0) is 31.6 Å². The van der Waals surface area contributed by atoms with E-state index in [2.05, 4.69) is 13.8 Å². The Bertz CT molecular complexity index is 391. The highest BCUT2D eigenvalue weighted by molar-refractivity contribution is 8.00. The predicted molar refractivity (Wildman–Crippen MR) is 84.4 cm³/mol. The van der Waals surface area contributed by atoms with E-state index in [1.165, 1.54) is 0 Å². The van der Waals surface area contributed by atoms with Gasteiger partial charge in [0.1, 0.15) is 6.04 Å². The van der Waals surface area contributed by atoms with Crippen LogP contribution in [0.15, 0.2) is 0 Å². The minimum Gasteiger partial charge on any atom is -0.480 e. The van der Waals surface area contributed by atoms with Gasteiger partial charge in [-0.1, -0.05) is 20.3 Å². The molecule has 5 nitrogen and oxygen atoms in total. The summed E-state index contributed by atoms with van der Waals surface area (Å²) in [5.74, 6) is 0.283. The molecule has 6 heteroatoms. The van der Waals surface area contributed by atoms with Gasteiger partial charge in [-0.2, -0.15) is 0 Å². The largest absolute Gasteiger partial charge is 0.480 e. The van der Waals surface area contributed by atoms with E-state index >= 15 is 0 Å². The normalized spacial score (nSPS) is 30.3. The van der Waals surface area contributed by atoms with E-state index in [1.807, 2.05) is 4.90 Å². The fourth-order valence-corrected chi connectivity index (χ4v) is 4.60. The van der Waals surface area contributed by atoms with Crippen molar-refractivity contribution in [2.24, 2.45) is 5.92 Å². The Morgan fingerprint density at radius 3 is 2.71 bits per heavy atom. The van der Waals surface area contributed by atoms with Crippen LogP contribution in [0.4, 0.5) is 4.79 Å². The van der Waals surface area contributed by atoms with Crippen LogP contribution >= 0.6 is 11.8 Å². The first-order valence-electron chi connectivity index (χ1n) is 7.96. The molecule has 2 saturated heterocycles. The van der Waals surface area contributed by atoms with Crippen molar-refractivity contribution in [1.82, 2.24) is 9.80 Å².